The van der Waals surface area contributed by atoms with Gasteiger partial charge in [0.15, 0.2) is 6.61 Å². The number of para-hydroxylation sites is 1. The summed E-state index contributed by atoms with van der Waals surface area (Å²) in [6, 6.07) is 13.6. The number of pyridine rings is 1. The predicted molar refractivity (Wildman–Crippen MR) is 103 cm³/mol. The molecule has 8 nitrogen and oxygen atoms in total. The van der Waals surface area contributed by atoms with E-state index in [2.05, 4.69) is 10.3 Å². The minimum atomic E-state index is -0.656. The standard InChI is InChI=1S/C20H17N3O5/c1-13-7-8-16(17(10-13)23(26)27)22-18(24)12-28-19(25)11-15-5-2-4-14-6-3-9-21-20(14)15/h2-10H,11-12H2,1H3,(H,22,24). The predicted octanol–water partition coefficient (Wildman–Crippen LogP) is 3.18. The van der Waals surface area contributed by atoms with Crippen molar-refractivity contribution >= 4 is 34.2 Å². The summed E-state index contributed by atoms with van der Waals surface area (Å²) >= 11 is 0. The summed E-state index contributed by atoms with van der Waals surface area (Å²) in [6.07, 6.45) is 1.60. The van der Waals surface area contributed by atoms with Crippen LogP contribution >= 0.6 is 0 Å². The van der Waals surface area contributed by atoms with Gasteiger partial charge in [-0.15, -0.1) is 0 Å². The van der Waals surface area contributed by atoms with Crippen LogP contribution in [0.1, 0.15) is 11.1 Å². The van der Waals surface area contributed by atoms with Crippen LogP contribution in [0.25, 0.3) is 10.9 Å². The number of amides is 1. The number of fused-ring (bicyclic) bond motifs is 1. The van der Waals surface area contributed by atoms with Gasteiger partial charge in [0.2, 0.25) is 0 Å². The molecule has 1 heterocycles. The number of benzene rings is 2. The Morgan fingerprint density at radius 1 is 1.18 bits per heavy atom. The zero-order chi connectivity index (χ0) is 20.1. The van der Waals surface area contributed by atoms with E-state index in [0.717, 1.165) is 5.39 Å². The number of nitro groups is 1. The lowest BCUT2D eigenvalue weighted by Gasteiger charge is -2.08. The molecule has 0 bridgehead atoms. The molecule has 0 spiro atoms. The van der Waals surface area contributed by atoms with Crippen molar-refractivity contribution in [2.24, 2.45) is 0 Å². The molecule has 0 unspecified atom stereocenters. The third-order valence-electron chi connectivity index (χ3n) is 4.04. The largest absolute Gasteiger partial charge is 0.455 e. The lowest BCUT2D eigenvalue weighted by molar-refractivity contribution is -0.384. The molecule has 0 aliphatic carbocycles. The maximum absolute atomic E-state index is 12.1. The van der Waals surface area contributed by atoms with Crippen LogP contribution < -0.4 is 5.32 Å². The van der Waals surface area contributed by atoms with Crippen molar-refractivity contribution in [2.75, 3.05) is 11.9 Å². The molecule has 1 aromatic heterocycles. The maximum atomic E-state index is 12.1. The average molecular weight is 379 g/mol. The normalized spacial score (nSPS) is 10.5. The van der Waals surface area contributed by atoms with Gasteiger partial charge in [-0.3, -0.25) is 24.7 Å². The van der Waals surface area contributed by atoms with Crippen LogP contribution in [0.4, 0.5) is 11.4 Å². The summed E-state index contributed by atoms with van der Waals surface area (Å²) < 4.78 is 5.00. The second-order valence-electron chi connectivity index (χ2n) is 6.16. The van der Waals surface area contributed by atoms with Gasteiger partial charge in [0.25, 0.3) is 11.6 Å². The highest BCUT2D eigenvalue weighted by molar-refractivity contribution is 5.95. The molecular weight excluding hydrogens is 362 g/mol. The molecule has 0 atom stereocenters. The molecule has 2 aromatic carbocycles. The number of nitrogens with one attached hydrogen (secondary N) is 1. The summed E-state index contributed by atoms with van der Waals surface area (Å²) in [5, 5.41) is 14.4. The van der Waals surface area contributed by atoms with Crippen molar-refractivity contribution in [3.63, 3.8) is 0 Å². The van der Waals surface area contributed by atoms with Crippen LogP contribution in [0, 0.1) is 17.0 Å². The Hall–Kier alpha value is -3.81. The van der Waals surface area contributed by atoms with E-state index in [1.807, 2.05) is 18.2 Å². The molecule has 142 valence electrons. The van der Waals surface area contributed by atoms with Gasteiger partial charge in [0.1, 0.15) is 5.69 Å². The zero-order valence-electron chi connectivity index (χ0n) is 15.0. The number of carbonyl (C=O) groups excluding carboxylic acids is 2. The van der Waals surface area contributed by atoms with E-state index in [4.69, 9.17) is 4.74 Å². The maximum Gasteiger partial charge on any atom is 0.310 e. The number of rotatable bonds is 6. The average Bonchev–Trinajstić information content (AvgIpc) is 2.68. The first-order valence-electron chi connectivity index (χ1n) is 8.47. The Balaban J connectivity index is 1.60. The van der Waals surface area contributed by atoms with Gasteiger partial charge in [-0.25, -0.2) is 0 Å². The third kappa shape index (κ3) is 4.47. The molecule has 3 rings (SSSR count). The highest BCUT2D eigenvalue weighted by Crippen LogP contribution is 2.25. The topological polar surface area (TPSA) is 111 Å². The number of hydrogen-bond donors (Lipinski definition) is 1. The zero-order valence-corrected chi connectivity index (χ0v) is 15.0. The van der Waals surface area contributed by atoms with E-state index in [1.54, 1.807) is 31.3 Å². The Morgan fingerprint density at radius 2 is 1.96 bits per heavy atom. The van der Waals surface area contributed by atoms with Crippen molar-refractivity contribution < 1.29 is 19.2 Å². The number of carbonyl (C=O) groups is 2. The van der Waals surface area contributed by atoms with Gasteiger partial charge in [-0.05, 0) is 30.2 Å². The van der Waals surface area contributed by atoms with Gasteiger partial charge in [-0.1, -0.05) is 30.3 Å². The van der Waals surface area contributed by atoms with Gasteiger partial charge in [0, 0.05) is 17.6 Å². The molecule has 0 aliphatic rings. The number of aromatic nitrogens is 1. The quantitative estimate of drug-likeness (QED) is 0.400. The van der Waals surface area contributed by atoms with Crippen molar-refractivity contribution in [3.8, 4) is 0 Å². The van der Waals surface area contributed by atoms with Crippen LogP contribution in [0.2, 0.25) is 0 Å². The number of esters is 1. The molecule has 28 heavy (non-hydrogen) atoms. The van der Waals surface area contributed by atoms with Gasteiger partial charge >= 0.3 is 5.97 Å². The Kier molecular flexibility index (Phi) is 5.59. The first kappa shape index (κ1) is 19.0. The number of anilines is 1. The molecule has 0 saturated carbocycles. The van der Waals surface area contributed by atoms with E-state index in [0.29, 0.717) is 16.6 Å². The van der Waals surface area contributed by atoms with Crippen LogP contribution in [0.5, 0.6) is 0 Å². The highest BCUT2D eigenvalue weighted by Gasteiger charge is 2.17. The number of aryl methyl sites for hydroxylation is 1. The van der Waals surface area contributed by atoms with Crippen molar-refractivity contribution in [3.05, 3.63) is 76.0 Å². The Labute approximate surface area is 160 Å². The minimum absolute atomic E-state index is 0.0354. The SMILES string of the molecule is Cc1ccc(NC(=O)COC(=O)Cc2cccc3cccnc23)c([N+](=O)[O-])c1. The Bertz CT molecular complexity index is 1060. The van der Waals surface area contributed by atoms with E-state index in [-0.39, 0.29) is 17.8 Å². The van der Waals surface area contributed by atoms with Gasteiger partial charge in [0.05, 0.1) is 16.9 Å². The summed E-state index contributed by atoms with van der Waals surface area (Å²) in [4.78, 5) is 38.9. The van der Waals surface area contributed by atoms with Crippen molar-refractivity contribution in [2.45, 2.75) is 13.3 Å². The molecule has 0 radical (unpaired) electrons. The minimum Gasteiger partial charge on any atom is -0.455 e. The second kappa shape index (κ2) is 8.26. The van der Waals surface area contributed by atoms with Gasteiger partial charge in [-0.2, -0.15) is 0 Å². The molecule has 8 heteroatoms. The fourth-order valence-corrected chi connectivity index (χ4v) is 2.75. The van der Waals surface area contributed by atoms with E-state index < -0.39 is 23.4 Å². The Morgan fingerprint density at radius 3 is 2.75 bits per heavy atom. The first-order chi connectivity index (χ1) is 13.4. The lowest BCUT2D eigenvalue weighted by atomic mass is 10.1. The molecule has 0 saturated heterocycles. The fraction of sp³-hybridized carbons (Fsp3) is 0.150. The summed E-state index contributed by atoms with van der Waals surface area (Å²) in [5.74, 6) is -1.25. The molecule has 0 aliphatic heterocycles. The monoisotopic (exact) mass is 379 g/mol. The third-order valence-corrected chi connectivity index (χ3v) is 4.04. The summed E-state index contributed by atoms with van der Waals surface area (Å²) in [7, 11) is 0. The van der Waals surface area contributed by atoms with Crippen LogP contribution in [-0.4, -0.2) is 28.4 Å². The smallest absolute Gasteiger partial charge is 0.310 e. The lowest BCUT2D eigenvalue weighted by Crippen LogP contribution is -2.22. The number of hydrogen-bond acceptors (Lipinski definition) is 6. The number of nitro benzene ring substituents is 1. The molecule has 1 N–H and O–H groups in total. The fourth-order valence-electron chi connectivity index (χ4n) is 2.75. The number of ether oxygens (including phenoxy) is 1. The van der Waals surface area contributed by atoms with E-state index in [1.165, 1.54) is 12.1 Å². The molecule has 3 aromatic rings. The van der Waals surface area contributed by atoms with Crippen molar-refractivity contribution in [1.82, 2.24) is 4.98 Å². The van der Waals surface area contributed by atoms with E-state index >= 15 is 0 Å². The van der Waals surface area contributed by atoms with Crippen LogP contribution in [-0.2, 0) is 20.7 Å². The van der Waals surface area contributed by atoms with Crippen molar-refractivity contribution in [1.29, 1.82) is 0 Å². The highest BCUT2D eigenvalue weighted by atomic mass is 16.6. The van der Waals surface area contributed by atoms with Crippen LogP contribution in [0.3, 0.4) is 0 Å². The molecular formula is C20H17N3O5. The number of nitrogens with zero attached hydrogens (tertiary/aromatic N) is 2. The van der Waals surface area contributed by atoms with Gasteiger partial charge < -0.3 is 10.1 Å². The van der Waals surface area contributed by atoms with E-state index in [9.17, 15) is 19.7 Å². The molecule has 1 amide bonds. The second-order valence-corrected chi connectivity index (χ2v) is 6.16. The first-order valence-corrected chi connectivity index (χ1v) is 8.47. The summed E-state index contributed by atoms with van der Waals surface area (Å²) in [5.41, 5.74) is 1.91. The summed E-state index contributed by atoms with van der Waals surface area (Å²) in [6.45, 7) is 1.17. The van der Waals surface area contributed by atoms with Crippen LogP contribution in [0.15, 0.2) is 54.7 Å². The molecule has 0 fully saturated rings.